The first-order chi connectivity index (χ1) is 8.93. The van der Waals surface area contributed by atoms with Gasteiger partial charge in [0, 0.05) is 5.56 Å². The zero-order valence-electron chi connectivity index (χ0n) is 11.1. The van der Waals surface area contributed by atoms with Gasteiger partial charge in [0.25, 0.3) is 0 Å². The Balaban J connectivity index is 2.68. The van der Waals surface area contributed by atoms with Crippen molar-refractivity contribution in [1.82, 2.24) is 0 Å². The molecule has 0 heterocycles. The molecule has 0 unspecified atom stereocenters. The quantitative estimate of drug-likeness (QED) is 0.339. The SMILES string of the molecule is COC(=O)C(=O)CC(=O)c1ccc(OC(C)C)cc1. The maximum Gasteiger partial charge on any atom is 0.374 e. The second kappa shape index (κ2) is 6.68. The van der Waals surface area contributed by atoms with E-state index in [1.807, 2.05) is 13.8 Å². The summed E-state index contributed by atoms with van der Waals surface area (Å²) in [5, 5.41) is 0. The molecule has 0 amide bonds. The van der Waals surface area contributed by atoms with Gasteiger partial charge >= 0.3 is 5.97 Å². The molecule has 0 atom stereocenters. The molecule has 0 saturated carbocycles. The van der Waals surface area contributed by atoms with Crippen LogP contribution in [0.3, 0.4) is 0 Å². The van der Waals surface area contributed by atoms with E-state index in [1.165, 1.54) is 0 Å². The molecule has 1 rings (SSSR count). The highest BCUT2D eigenvalue weighted by molar-refractivity contribution is 6.38. The van der Waals surface area contributed by atoms with Crippen LogP contribution >= 0.6 is 0 Å². The van der Waals surface area contributed by atoms with Crippen molar-refractivity contribution < 1.29 is 23.9 Å². The van der Waals surface area contributed by atoms with Gasteiger partial charge in [0.1, 0.15) is 5.75 Å². The topological polar surface area (TPSA) is 69.7 Å². The molecule has 0 aliphatic rings. The maximum absolute atomic E-state index is 11.7. The predicted molar refractivity (Wildman–Crippen MR) is 68.2 cm³/mol. The van der Waals surface area contributed by atoms with Gasteiger partial charge in [0.05, 0.1) is 19.6 Å². The Bertz CT molecular complexity index is 473. The lowest BCUT2D eigenvalue weighted by Gasteiger charge is -2.09. The van der Waals surface area contributed by atoms with Gasteiger partial charge in [-0.2, -0.15) is 0 Å². The summed E-state index contributed by atoms with van der Waals surface area (Å²) in [5.41, 5.74) is 0.355. The highest BCUT2D eigenvalue weighted by atomic mass is 16.5. The number of methoxy groups -OCH3 is 1. The molecular formula is C14H16O5. The van der Waals surface area contributed by atoms with E-state index in [0.29, 0.717) is 11.3 Å². The lowest BCUT2D eigenvalue weighted by Crippen LogP contribution is -2.19. The second-order valence-corrected chi connectivity index (χ2v) is 4.21. The average molecular weight is 264 g/mol. The first kappa shape index (κ1) is 14.9. The molecule has 0 N–H and O–H groups in total. The first-order valence-electron chi connectivity index (χ1n) is 5.85. The molecule has 0 bridgehead atoms. The minimum Gasteiger partial charge on any atom is -0.491 e. The fourth-order valence-electron chi connectivity index (χ4n) is 1.43. The number of benzene rings is 1. The van der Waals surface area contributed by atoms with Crippen molar-refractivity contribution in [1.29, 1.82) is 0 Å². The van der Waals surface area contributed by atoms with E-state index >= 15 is 0 Å². The van der Waals surface area contributed by atoms with E-state index in [4.69, 9.17) is 4.74 Å². The Morgan fingerprint density at radius 1 is 1.11 bits per heavy atom. The van der Waals surface area contributed by atoms with E-state index in [-0.39, 0.29) is 6.10 Å². The molecule has 0 spiro atoms. The molecule has 0 aromatic heterocycles. The number of rotatable bonds is 6. The van der Waals surface area contributed by atoms with Crippen molar-refractivity contribution in [3.8, 4) is 5.75 Å². The number of Topliss-reactive ketones (excluding diaryl/α,β-unsaturated/α-hetero) is 2. The van der Waals surface area contributed by atoms with Gasteiger partial charge in [-0.25, -0.2) is 4.79 Å². The highest BCUT2D eigenvalue weighted by Crippen LogP contribution is 2.15. The van der Waals surface area contributed by atoms with Crippen LogP contribution in [0.1, 0.15) is 30.6 Å². The zero-order valence-corrected chi connectivity index (χ0v) is 11.1. The lowest BCUT2D eigenvalue weighted by atomic mass is 10.1. The average Bonchev–Trinajstić information content (AvgIpc) is 2.37. The van der Waals surface area contributed by atoms with Crippen molar-refractivity contribution in [3.05, 3.63) is 29.8 Å². The van der Waals surface area contributed by atoms with E-state index < -0.39 is 24.0 Å². The minimum absolute atomic E-state index is 0.0439. The molecule has 0 saturated heterocycles. The monoisotopic (exact) mass is 264 g/mol. The Kier molecular flexibility index (Phi) is 5.23. The molecular weight excluding hydrogens is 248 g/mol. The number of carbonyl (C=O) groups is 3. The summed E-state index contributed by atoms with van der Waals surface area (Å²) in [6.07, 6.45) is -0.445. The second-order valence-electron chi connectivity index (χ2n) is 4.21. The largest absolute Gasteiger partial charge is 0.491 e. The smallest absolute Gasteiger partial charge is 0.374 e. The van der Waals surface area contributed by atoms with Crippen LogP contribution in [-0.2, 0) is 14.3 Å². The van der Waals surface area contributed by atoms with Crippen molar-refractivity contribution in [3.63, 3.8) is 0 Å². The van der Waals surface area contributed by atoms with Gasteiger partial charge in [-0.15, -0.1) is 0 Å². The van der Waals surface area contributed by atoms with Crippen molar-refractivity contribution in [2.45, 2.75) is 26.4 Å². The summed E-state index contributed by atoms with van der Waals surface area (Å²) < 4.78 is 9.68. The fraction of sp³-hybridized carbons (Fsp3) is 0.357. The highest BCUT2D eigenvalue weighted by Gasteiger charge is 2.19. The summed E-state index contributed by atoms with van der Waals surface area (Å²) in [7, 11) is 1.10. The van der Waals surface area contributed by atoms with Gasteiger partial charge in [0.15, 0.2) is 5.78 Å². The maximum atomic E-state index is 11.7. The van der Waals surface area contributed by atoms with Crippen molar-refractivity contribution in [2.75, 3.05) is 7.11 Å². The molecule has 19 heavy (non-hydrogen) atoms. The molecule has 0 aliphatic carbocycles. The van der Waals surface area contributed by atoms with Crippen LogP contribution in [0, 0.1) is 0 Å². The number of ketones is 2. The third-order valence-electron chi connectivity index (χ3n) is 2.28. The Hall–Kier alpha value is -2.17. The summed E-state index contributed by atoms with van der Waals surface area (Å²) in [6.45, 7) is 3.79. The molecule has 0 aliphatic heterocycles. The molecule has 1 aromatic rings. The predicted octanol–water partition coefficient (Wildman–Crippen LogP) is 1.79. The number of carbonyl (C=O) groups excluding carboxylic acids is 3. The summed E-state index contributed by atoms with van der Waals surface area (Å²) in [4.78, 5) is 33.9. The molecule has 102 valence electrons. The fourth-order valence-corrected chi connectivity index (χ4v) is 1.43. The van der Waals surface area contributed by atoms with E-state index in [0.717, 1.165) is 7.11 Å². The van der Waals surface area contributed by atoms with Crippen LogP contribution in [-0.4, -0.2) is 30.7 Å². The first-order valence-corrected chi connectivity index (χ1v) is 5.85. The minimum atomic E-state index is -1.01. The number of esters is 1. The zero-order chi connectivity index (χ0) is 14.4. The van der Waals surface area contributed by atoms with Crippen LogP contribution in [0.25, 0.3) is 0 Å². The van der Waals surface area contributed by atoms with Gasteiger partial charge in [0.2, 0.25) is 5.78 Å². The standard InChI is InChI=1S/C14H16O5/c1-9(2)19-11-6-4-10(5-7-11)12(15)8-13(16)14(17)18-3/h4-7,9H,8H2,1-3H3. The molecule has 5 heteroatoms. The number of ether oxygens (including phenoxy) is 2. The van der Waals surface area contributed by atoms with Crippen LogP contribution in [0.5, 0.6) is 5.75 Å². The van der Waals surface area contributed by atoms with Gasteiger partial charge < -0.3 is 9.47 Å². The number of hydrogen-bond donors (Lipinski definition) is 0. The molecule has 5 nitrogen and oxygen atoms in total. The number of hydrogen-bond acceptors (Lipinski definition) is 5. The summed E-state index contributed by atoms with van der Waals surface area (Å²) in [6, 6.07) is 6.42. The van der Waals surface area contributed by atoms with Crippen LogP contribution in [0.2, 0.25) is 0 Å². The third kappa shape index (κ3) is 4.54. The van der Waals surface area contributed by atoms with Gasteiger partial charge in [-0.1, -0.05) is 0 Å². The van der Waals surface area contributed by atoms with Crippen molar-refractivity contribution >= 4 is 17.5 Å². The Morgan fingerprint density at radius 2 is 1.68 bits per heavy atom. The Labute approximate surface area is 111 Å². The summed E-state index contributed by atoms with van der Waals surface area (Å²) >= 11 is 0. The van der Waals surface area contributed by atoms with Crippen LogP contribution in [0.4, 0.5) is 0 Å². The third-order valence-corrected chi connectivity index (χ3v) is 2.28. The van der Waals surface area contributed by atoms with E-state index in [9.17, 15) is 14.4 Å². The van der Waals surface area contributed by atoms with Crippen LogP contribution in [0.15, 0.2) is 24.3 Å². The summed E-state index contributed by atoms with van der Waals surface area (Å²) in [5.74, 6) is -1.64. The Morgan fingerprint density at radius 3 is 2.16 bits per heavy atom. The van der Waals surface area contributed by atoms with Crippen LogP contribution < -0.4 is 4.74 Å². The van der Waals surface area contributed by atoms with Gasteiger partial charge in [-0.3, -0.25) is 9.59 Å². The molecule has 0 radical (unpaired) electrons. The normalized spacial score (nSPS) is 10.1. The molecule has 1 aromatic carbocycles. The van der Waals surface area contributed by atoms with E-state index in [1.54, 1.807) is 24.3 Å². The molecule has 0 fully saturated rings. The lowest BCUT2D eigenvalue weighted by molar-refractivity contribution is -0.151. The van der Waals surface area contributed by atoms with Gasteiger partial charge in [-0.05, 0) is 38.1 Å². The van der Waals surface area contributed by atoms with E-state index in [2.05, 4.69) is 4.74 Å². The van der Waals surface area contributed by atoms with Crippen molar-refractivity contribution in [2.24, 2.45) is 0 Å².